The number of ketones is 1. The molecule has 8 nitrogen and oxygen atoms in total. The average molecular weight is 598 g/mol. The van der Waals surface area contributed by atoms with E-state index in [-0.39, 0.29) is 25.0 Å². The predicted octanol–water partition coefficient (Wildman–Crippen LogP) is 4.62. The summed E-state index contributed by atoms with van der Waals surface area (Å²) in [5, 5.41) is 8.01. The molecule has 1 aliphatic heterocycles. The van der Waals surface area contributed by atoms with Gasteiger partial charge in [0.15, 0.2) is 9.84 Å². The molecular formula is C29H38F3N3O5S. The predicted molar refractivity (Wildman–Crippen MR) is 146 cm³/mol. The summed E-state index contributed by atoms with van der Waals surface area (Å²) >= 11 is 0. The van der Waals surface area contributed by atoms with Crippen molar-refractivity contribution in [3.05, 3.63) is 23.8 Å². The molecule has 0 bridgehead atoms. The highest BCUT2D eigenvalue weighted by Gasteiger charge is 2.51. The molecule has 0 radical (unpaired) electrons. The molecule has 41 heavy (non-hydrogen) atoms. The number of benzene rings is 1. The Balaban J connectivity index is 1.63. The number of Topliss-reactive ketones (excluding diaryl/α,β-unsaturated/α-hetero) is 1. The van der Waals surface area contributed by atoms with Crippen LogP contribution in [0.15, 0.2) is 23.1 Å². The molecule has 3 fully saturated rings. The number of hydrogen-bond donors (Lipinski definition) is 0. The van der Waals surface area contributed by atoms with Gasteiger partial charge in [-0.3, -0.25) is 9.59 Å². The van der Waals surface area contributed by atoms with Crippen molar-refractivity contribution in [3.8, 4) is 6.07 Å². The number of anilines is 1. The minimum atomic E-state index is -4.93. The van der Waals surface area contributed by atoms with Crippen LogP contribution in [0, 0.1) is 28.6 Å². The molecule has 3 atom stereocenters. The van der Waals surface area contributed by atoms with Crippen molar-refractivity contribution in [1.82, 2.24) is 4.90 Å². The van der Waals surface area contributed by atoms with Gasteiger partial charge < -0.3 is 14.5 Å². The van der Waals surface area contributed by atoms with Gasteiger partial charge in [0.25, 0.3) is 0 Å². The largest absolute Gasteiger partial charge is 0.460 e. The maximum absolute atomic E-state index is 14.3. The summed E-state index contributed by atoms with van der Waals surface area (Å²) in [6.07, 6.45) is -3.85. The Bertz CT molecular complexity index is 1320. The van der Waals surface area contributed by atoms with Crippen molar-refractivity contribution in [2.24, 2.45) is 17.3 Å². The van der Waals surface area contributed by atoms with Crippen LogP contribution in [0.5, 0.6) is 0 Å². The Morgan fingerprint density at radius 1 is 1.07 bits per heavy atom. The summed E-state index contributed by atoms with van der Waals surface area (Å²) in [5.74, 6) is -3.21. The van der Waals surface area contributed by atoms with Crippen LogP contribution in [-0.2, 0) is 30.3 Å². The lowest BCUT2D eigenvalue weighted by Crippen LogP contribution is -2.44. The first kappa shape index (κ1) is 31.3. The fourth-order valence-corrected chi connectivity index (χ4v) is 7.80. The summed E-state index contributed by atoms with van der Waals surface area (Å²) < 4.78 is 75.9. The van der Waals surface area contributed by atoms with E-state index in [1.807, 2.05) is 7.05 Å². The first-order chi connectivity index (χ1) is 19.0. The summed E-state index contributed by atoms with van der Waals surface area (Å²) in [6.45, 7) is 7.29. The van der Waals surface area contributed by atoms with E-state index in [1.165, 1.54) is 6.07 Å². The molecule has 1 aromatic rings. The van der Waals surface area contributed by atoms with Crippen LogP contribution < -0.4 is 4.90 Å². The van der Waals surface area contributed by atoms with E-state index in [1.54, 1.807) is 25.7 Å². The number of alkyl halides is 3. The fourth-order valence-electron chi connectivity index (χ4n) is 5.78. The number of nitriles is 1. The zero-order chi connectivity index (χ0) is 30.4. The van der Waals surface area contributed by atoms with Crippen LogP contribution in [-0.4, -0.2) is 69.1 Å². The Morgan fingerprint density at radius 2 is 1.68 bits per heavy atom. The minimum Gasteiger partial charge on any atom is -0.460 e. The molecule has 3 aliphatic rings. The molecule has 0 spiro atoms. The number of ether oxygens (including phenoxy) is 1. The van der Waals surface area contributed by atoms with Gasteiger partial charge in [-0.2, -0.15) is 18.4 Å². The van der Waals surface area contributed by atoms with Crippen molar-refractivity contribution in [2.75, 3.05) is 38.1 Å². The van der Waals surface area contributed by atoms with E-state index in [2.05, 4.69) is 11.0 Å². The Morgan fingerprint density at radius 3 is 2.22 bits per heavy atom. The molecule has 0 N–H and O–H groups in total. The van der Waals surface area contributed by atoms with Gasteiger partial charge in [0.05, 0.1) is 33.1 Å². The van der Waals surface area contributed by atoms with Gasteiger partial charge in [-0.15, -0.1) is 0 Å². The molecule has 2 aliphatic carbocycles. The number of nitrogens with zero attached hydrogens (tertiary/aromatic N) is 3. The highest BCUT2D eigenvalue weighted by molar-refractivity contribution is 7.92. The Kier molecular flexibility index (Phi) is 8.56. The van der Waals surface area contributed by atoms with Crippen molar-refractivity contribution in [2.45, 2.75) is 81.2 Å². The Labute approximate surface area is 239 Å². The second-order valence-corrected chi connectivity index (χ2v) is 14.9. The van der Waals surface area contributed by atoms with Gasteiger partial charge in [-0.1, -0.05) is 0 Å². The van der Waals surface area contributed by atoms with Gasteiger partial charge in [-0.25, -0.2) is 8.42 Å². The number of piperazine rings is 1. The van der Waals surface area contributed by atoms with Crippen LogP contribution in [0.2, 0.25) is 0 Å². The van der Waals surface area contributed by atoms with E-state index in [4.69, 9.17) is 4.74 Å². The maximum atomic E-state index is 14.3. The number of carbonyl (C=O) groups is 2. The van der Waals surface area contributed by atoms with Gasteiger partial charge >= 0.3 is 12.1 Å². The van der Waals surface area contributed by atoms with E-state index in [0.717, 1.165) is 12.1 Å². The maximum Gasteiger partial charge on any atom is 0.417 e. The number of carbonyl (C=O) groups excluding carboxylic acids is 2. The molecule has 1 saturated heterocycles. The van der Waals surface area contributed by atoms with Crippen LogP contribution in [0.3, 0.4) is 0 Å². The van der Waals surface area contributed by atoms with Crippen molar-refractivity contribution in [1.29, 1.82) is 5.26 Å². The van der Waals surface area contributed by atoms with Crippen molar-refractivity contribution in [3.63, 3.8) is 0 Å². The van der Waals surface area contributed by atoms with Crippen LogP contribution in [0.4, 0.5) is 18.9 Å². The lowest BCUT2D eigenvalue weighted by Gasteiger charge is -2.34. The second-order valence-electron chi connectivity index (χ2n) is 12.7. The lowest BCUT2D eigenvalue weighted by atomic mass is 9.87. The number of hydrogen-bond acceptors (Lipinski definition) is 8. The van der Waals surface area contributed by atoms with Crippen LogP contribution in [0.1, 0.15) is 64.9 Å². The Hall–Kier alpha value is -2.65. The number of sulfone groups is 1. The van der Waals surface area contributed by atoms with Crippen LogP contribution in [0.25, 0.3) is 0 Å². The number of likely N-dealkylation sites (N-methyl/N-ethyl adjacent to an activating group) is 1. The molecule has 1 unspecified atom stereocenters. The number of halogens is 3. The monoisotopic (exact) mass is 597 g/mol. The quantitative estimate of drug-likeness (QED) is 0.400. The normalized spacial score (nSPS) is 25.0. The smallest absolute Gasteiger partial charge is 0.417 e. The van der Waals surface area contributed by atoms with Crippen molar-refractivity contribution < 1.29 is 35.9 Å². The zero-order valence-corrected chi connectivity index (χ0v) is 24.8. The third-order valence-corrected chi connectivity index (χ3v) is 10.7. The van der Waals surface area contributed by atoms with Gasteiger partial charge in [0.1, 0.15) is 11.4 Å². The lowest BCUT2D eigenvalue weighted by molar-refractivity contribution is -0.162. The summed E-state index contributed by atoms with van der Waals surface area (Å²) in [7, 11) is -2.66. The van der Waals surface area contributed by atoms with Gasteiger partial charge in [0.2, 0.25) is 0 Å². The summed E-state index contributed by atoms with van der Waals surface area (Å²) in [5.41, 5.74) is -2.42. The van der Waals surface area contributed by atoms with Crippen molar-refractivity contribution >= 4 is 27.3 Å². The molecule has 226 valence electrons. The standard InChI is InChI=1S/C29H38F3N3O5S/c1-27(2,3)40-26(37)22-17-20(16-21(22)24(36)7-8-28(18-33)9-10-28)41(38,39)25-6-5-19(15-23(25)29(30,31)32)35-13-11-34(4)12-14-35/h5-6,15,20-22H,7-14,16-17H2,1-4H3/t20-,21-,22?/m1/s1. The SMILES string of the molecule is CN1CCN(c2ccc(S(=O)(=O)[C@H]3CC(C(=O)OC(C)(C)C)[C@H](C(=O)CCC4(C#N)CC4)C3)c(C(F)(F)F)c2)CC1. The van der Waals surface area contributed by atoms with E-state index in [9.17, 15) is 36.4 Å². The molecule has 12 heteroatoms. The van der Waals surface area contributed by atoms with E-state index >= 15 is 0 Å². The third kappa shape index (κ3) is 7.05. The summed E-state index contributed by atoms with van der Waals surface area (Å²) in [4.78, 5) is 29.4. The first-order valence-corrected chi connectivity index (χ1v) is 15.6. The molecule has 4 rings (SSSR count). The molecular weight excluding hydrogens is 559 g/mol. The van der Waals surface area contributed by atoms with E-state index in [0.29, 0.717) is 51.1 Å². The topological polar surface area (TPSA) is 108 Å². The summed E-state index contributed by atoms with van der Waals surface area (Å²) in [6, 6.07) is 5.51. The second kappa shape index (κ2) is 11.2. The molecule has 2 saturated carbocycles. The minimum absolute atomic E-state index is 0.00217. The highest BCUT2D eigenvalue weighted by Crippen LogP contribution is 2.50. The van der Waals surface area contributed by atoms with Crippen LogP contribution >= 0.6 is 0 Å². The van der Waals surface area contributed by atoms with Gasteiger partial charge in [-0.05, 0) is 78.1 Å². The van der Waals surface area contributed by atoms with Gasteiger partial charge in [0, 0.05) is 44.2 Å². The zero-order valence-electron chi connectivity index (χ0n) is 24.0. The fraction of sp³-hybridized carbons (Fsp3) is 0.690. The first-order valence-electron chi connectivity index (χ1n) is 14.0. The third-order valence-electron chi connectivity index (χ3n) is 8.47. The molecule has 1 aromatic carbocycles. The van der Waals surface area contributed by atoms with E-state index < -0.39 is 60.5 Å². The number of esters is 1. The highest BCUT2D eigenvalue weighted by atomic mass is 32.2. The molecule has 0 amide bonds. The average Bonchev–Trinajstić information content (AvgIpc) is 3.52. The molecule has 1 heterocycles. The molecule has 0 aromatic heterocycles. The number of rotatable bonds is 8.